The van der Waals surface area contributed by atoms with Gasteiger partial charge in [0.2, 0.25) is 11.8 Å². The first-order valence-corrected chi connectivity index (χ1v) is 7.25. The molecule has 0 bridgehead atoms. The van der Waals surface area contributed by atoms with Gasteiger partial charge < -0.3 is 10.2 Å². The van der Waals surface area contributed by atoms with Crippen LogP contribution < -0.4 is 5.32 Å². The maximum Gasteiger partial charge on any atom is 0.246 e. The molecule has 0 aromatic heterocycles. The van der Waals surface area contributed by atoms with Crippen LogP contribution >= 0.6 is 0 Å². The van der Waals surface area contributed by atoms with Crippen LogP contribution in [0.3, 0.4) is 0 Å². The van der Waals surface area contributed by atoms with Crippen LogP contribution in [0.25, 0.3) is 0 Å². The van der Waals surface area contributed by atoms with Gasteiger partial charge in [-0.1, -0.05) is 18.2 Å². The van der Waals surface area contributed by atoms with Crippen LogP contribution in [0.15, 0.2) is 24.3 Å². The largest absolute Gasteiger partial charge is 0.327 e. The fourth-order valence-corrected chi connectivity index (χ4v) is 2.43. The number of rotatable bonds is 4. The van der Waals surface area contributed by atoms with Gasteiger partial charge in [-0.15, -0.1) is 12.3 Å². The van der Waals surface area contributed by atoms with E-state index in [0.717, 1.165) is 24.1 Å². The Hall–Kier alpha value is -2.28. The zero-order valence-corrected chi connectivity index (χ0v) is 12.3. The molecule has 0 saturated carbocycles. The molecule has 1 heterocycles. The van der Waals surface area contributed by atoms with Crippen LogP contribution in [0, 0.1) is 12.3 Å². The maximum atomic E-state index is 12.4. The highest BCUT2D eigenvalue weighted by Gasteiger charge is 2.29. The third kappa shape index (κ3) is 3.63. The quantitative estimate of drug-likeness (QED) is 0.682. The number of carbonyl (C=O) groups is 2. The van der Waals surface area contributed by atoms with E-state index in [1.807, 2.05) is 24.3 Å². The van der Waals surface area contributed by atoms with Crippen molar-refractivity contribution in [2.24, 2.45) is 0 Å². The number of terminal acetylenes is 1. The van der Waals surface area contributed by atoms with E-state index in [1.165, 1.54) is 0 Å². The van der Waals surface area contributed by atoms with Gasteiger partial charge in [0.25, 0.3) is 0 Å². The van der Waals surface area contributed by atoms with Crippen LogP contribution in [-0.4, -0.2) is 22.8 Å². The first kappa shape index (κ1) is 15.1. The van der Waals surface area contributed by atoms with Crippen molar-refractivity contribution < 1.29 is 9.59 Å². The lowest BCUT2D eigenvalue weighted by Crippen LogP contribution is -2.43. The summed E-state index contributed by atoms with van der Waals surface area (Å²) in [4.78, 5) is 26.2. The second-order valence-corrected chi connectivity index (χ2v) is 5.26. The Morgan fingerprint density at radius 2 is 2.19 bits per heavy atom. The number of fused-ring (bicyclic) bond motifs is 1. The monoisotopic (exact) mass is 284 g/mol. The molecule has 1 aliphatic heterocycles. The highest BCUT2D eigenvalue weighted by atomic mass is 16.2. The molecule has 2 amide bonds. The summed E-state index contributed by atoms with van der Waals surface area (Å²) in [6, 6.07) is 7.13. The van der Waals surface area contributed by atoms with Crippen molar-refractivity contribution in [3.05, 3.63) is 29.8 Å². The van der Waals surface area contributed by atoms with Gasteiger partial charge in [0, 0.05) is 25.1 Å². The molecule has 1 aliphatic rings. The molecule has 1 N–H and O–H groups in total. The highest BCUT2D eigenvalue weighted by Crippen LogP contribution is 2.23. The van der Waals surface area contributed by atoms with Crippen LogP contribution in [-0.2, 0) is 16.1 Å². The summed E-state index contributed by atoms with van der Waals surface area (Å²) in [6.45, 7) is 2.23. The molecule has 0 aliphatic carbocycles. The lowest BCUT2D eigenvalue weighted by molar-refractivity contribution is -0.138. The van der Waals surface area contributed by atoms with Crippen molar-refractivity contribution in [3.8, 4) is 12.3 Å². The lowest BCUT2D eigenvalue weighted by Gasteiger charge is -2.25. The number of carbonyl (C=O) groups excluding carboxylic acids is 2. The second-order valence-electron chi connectivity index (χ2n) is 5.26. The van der Waals surface area contributed by atoms with Gasteiger partial charge >= 0.3 is 0 Å². The second kappa shape index (κ2) is 6.94. The van der Waals surface area contributed by atoms with E-state index in [2.05, 4.69) is 11.2 Å². The van der Waals surface area contributed by atoms with E-state index in [9.17, 15) is 9.59 Å². The van der Waals surface area contributed by atoms with Gasteiger partial charge in [-0.05, 0) is 31.4 Å². The van der Waals surface area contributed by atoms with Gasteiger partial charge in [0.1, 0.15) is 6.04 Å². The van der Waals surface area contributed by atoms with Crippen molar-refractivity contribution in [3.63, 3.8) is 0 Å². The molecule has 110 valence electrons. The number of amides is 2. The van der Waals surface area contributed by atoms with Gasteiger partial charge in [-0.25, -0.2) is 0 Å². The van der Waals surface area contributed by atoms with Crippen molar-refractivity contribution >= 4 is 17.5 Å². The molecule has 1 aromatic rings. The van der Waals surface area contributed by atoms with Crippen LogP contribution in [0.1, 0.15) is 38.2 Å². The lowest BCUT2D eigenvalue weighted by atomic mass is 10.1. The summed E-state index contributed by atoms with van der Waals surface area (Å²) in [6.07, 6.45) is 7.92. The maximum absolute atomic E-state index is 12.4. The Kier molecular flexibility index (Phi) is 4.99. The number of anilines is 1. The van der Waals surface area contributed by atoms with E-state index >= 15 is 0 Å². The summed E-state index contributed by atoms with van der Waals surface area (Å²) in [5, 5.41) is 2.87. The van der Waals surface area contributed by atoms with Crippen molar-refractivity contribution in [1.29, 1.82) is 0 Å². The molecule has 0 spiro atoms. The molecule has 0 saturated heterocycles. The van der Waals surface area contributed by atoms with Crippen LogP contribution in [0.4, 0.5) is 5.69 Å². The average molecular weight is 284 g/mol. The third-order valence-corrected chi connectivity index (χ3v) is 3.74. The number of unbranched alkanes of at least 4 members (excludes halogenated alkanes) is 2. The Balaban J connectivity index is 2.09. The minimum absolute atomic E-state index is 0.00590. The number of benzene rings is 1. The standard InChI is InChI=1S/C17H20N2O2/c1-3-4-5-6-11-16(20)19-12-14-9-7-8-10-15(14)18-17(21)13(19)2/h1,7-10,13H,4-6,11-12H2,2H3,(H,18,21). The Bertz CT molecular complexity index is 574. The first-order chi connectivity index (χ1) is 10.1. The number of hydrogen-bond acceptors (Lipinski definition) is 2. The molecule has 4 nitrogen and oxygen atoms in total. The summed E-state index contributed by atoms with van der Waals surface area (Å²) in [5.74, 6) is 2.43. The summed E-state index contributed by atoms with van der Waals surface area (Å²) in [5.41, 5.74) is 1.75. The Morgan fingerprint density at radius 1 is 1.43 bits per heavy atom. The third-order valence-electron chi connectivity index (χ3n) is 3.74. The van der Waals surface area contributed by atoms with Gasteiger partial charge in [-0.2, -0.15) is 0 Å². The fraction of sp³-hybridized carbons (Fsp3) is 0.412. The molecule has 1 unspecified atom stereocenters. The SMILES string of the molecule is C#CCCCCC(=O)N1Cc2ccccc2NC(=O)C1C. The molecular formula is C17H20N2O2. The zero-order valence-electron chi connectivity index (χ0n) is 12.3. The topological polar surface area (TPSA) is 49.4 Å². The molecule has 0 radical (unpaired) electrons. The highest BCUT2D eigenvalue weighted by molar-refractivity contribution is 5.98. The first-order valence-electron chi connectivity index (χ1n) is 7.25. The summed E-state index contributed by atoms with van der Waals surface area (Å²) < 4.78 is 0. The minimum Gasteiger partial charge on any atom is -0.327 e. The van der Waals surface area contributed by atoms with Crippen LogP contribution in [0.5, 0.6) is 0 Å². The van der Waals surface area contributed by atoms with Gasteiger partial charge in [-0.3, -0.25) is 9.59 Å². The molecular weight excluding hydrogens is 264 g/mol. The van der Waals surface area contributed by atoms with E-state index < -0.39 is 6.04 Å². The minimum atomic E-state index is -0.461. The van der Waals surface area contributed by atoms with E-state index in [0.29, 0.717) is 19.4 Å². The molecule has 2 rings (SSSR count). The fourth-order valence-electron chi connectivity index (χ4n) is 2.43. The van der Waals surface area contributed by atoms with E-state index in [1.54, 1.807) is 11.8 Å². The normalized spacial score (nSPS) is 17.4. The zero-order chi connectivity index (χ0) is 15.2. The Morgan fingerprint density at radius 3 is 2.95 bits per heavy atom. The van der Waals surface area contributed by atoms with Gasteiger partial charge in [0.05, 0.1) is 0 Å². The predicted molar refractivity (Wildman–Crippen MR) is 82.4 cm³/mol. The summed E-state index contributed by atoms with van der Waals surface area (Å²) in [7, 11) is 0. The Labute approximate surface area is 125 Å². The molecule has 1 aromatic carbocycles. The molecule has 21 heavy (non-hydrogen) atoms. The van der Waals surface area contributed by atoms with Gasteiger partial charge in [0.15, 0.2) is 0 Å². The predicted octanol–water partition coefficient (Wildman–Crippen LogP) is 2.55. The van der Waals surface area contributed by atoms with Crippen molar-refractivity contribution in [2.45, 2.75) is 45.2 Å². The molecule has 1 atom stereocenters. The van der Waals surface area contributed by atoms with Crippen molar-refractivity contribution in [2.75, 3.05) is 5.32 Å². The number of nitrogens with one attached hydrogen (secondary N) is 1. The number of hydrogen-bond donors (Lipinski definition) is 1. The number of nitrogens with zero attached hydrogens (tertiary/aromatic N) is 1. The average Bonchev–Trinajstić information content (AvgIpc) is 2.61. The molecule has 0 fully saturated rings. The summed E-state index contributed by atoms with van der Waals surface area (Å²) >= 11 is 0. The number of para-hydroxylation sites is 1. The van der Waals surface area contributed by atoms with Crippen LogP contribution in [0.2, 0.25) is 0 Å². The van der Waals surface area contributed by atoms with E-state index in [-0.39, 0.29) is 11.8 Å². The van der Waals surface area contributed by atoms with E-state index in [4.69, 9.17) is 6.42 Å². The molecule has 4 heteroatoms. The smallest absolute Gasteiger partial charge is 0.246 e. The van der Waals surface area contributed by atoms with Crippen molar-refractivity contribution in [1.82, 2.24) is 4.90 Å².